The van der Waals surface area contributed by atoms with Gasteiger partial charge >= 0.3 is 0 Å². The summed E-state index contributed by atoms with van der Waals surface area (Å²) in [5.41, 5.74) is 4.21. The fourth-order valence-corrected chi connectivity index (χ4v) is 3.00. The van der Waals surface area contributed by atoms with Crippen LogP contribution >= 0.6 is 0 Å². The lowest BCUT2D eigenvalue weighted by atomic mass is 10.0. The average Bonchev–Trinajstić information content (AvgIpc) is 2.72. The summed E-state index contributed by atoms with van der Waals surface area (Å²) in [5, 5.41) is 3.54. The number of halogens is 1. The van der Waals surface area contributed by atoms with Crippen LogP contribution in [0, 0.1) is 5.82 Å². The van der Waals surface area contributed by atoms with Crippen molar-refractivity contribution in [1.29, 1.82) is 0 Å². The SMILES string of the molecule is COc1ccc([C@@H](C)NCc2ccc(OC)c(-c3ccc(F)cc3)c2)cc1. The maximum absolute atomic E-state index is 13.2. The third-order valence-electron chi connectivity index (χ3n) is 4.65. The Kier molecular flexibility index (Phi) is 6.09. The zero-order chi connectivity index (χ0) is 19.2. The van der Waals surface area contributed by atoms with Gasteiger partial charge in [0.1, 0.15) is 17.3 Å². The van der Waals surface area contributed by atoms with Gasteiger partial charge in [-0.1, -0.05) is 30.3 Å². The van der Waals surface area contributed by atoms with Gasteiger partial charge in [0.2, 0.25) is 0 Å². The monoisotopic (exact) mass is 365 g/mol. The molecular formula is C23H24FNO2. The van der Waals surface area contributed by atoms with Crippen LogP contribution in [-0.2, 0) is 6.54 Å². The van der Waals surface area contributed by atoms with Crippen LogP contribution in [0.25, 0.3) is 11.1 Å². The Bertz CT molecular complexity index is 876. The van der Waals surface area contributed by atoms with Crippen molar-refractivity contribution in [3.8, 4) is 22.6 Å². The number of hydrogen-bond acceptors (Lipinski definition) is 3. The molecule has 0 radical (unpaired) electrons. The summed E-state index contributed by atoms with van der Waals surface area (Å²) < 4.78 is 23.9. The molecule has 0 saturated carbocycles. The summed E-state index contributed by atoms with van der Waals surface area (Å²) in [6.07, 6.45) is 0. The van der Waals surface area contributed by atoms with Gasteiger partial charge < -0.3 is 14.8 Å². The first-order valence-electron chi connectivity index (χ1n) is 8.91. The van der Waals surface area contributed by atoms with Gasteiger partial charge in [0.25, 0.3) is 0 Å². The van der Waals surface area contributed by atoms with E-state index in [-0.39, 0.29) is 11.9 Å². The van der Waals surface area contributed by atoms with Crippen LogP contribution in [-0.4, -0.2) is 14.2 Å². The number of rotatable bonds is 7. The number of ether oxygens (including phenoxy) is 2. The molecule has 0 heterocycles. The molecule has 0 spiro atoms. The van der Waals surface area contributed by atoms with Gasteiger partial charge in [0.15, 0.2) is 0 Å². The van der Waals surface area contributed by atoms with Crippen LogP contribution in [0.15, 0.2) is 66.7 Å². The van der Waals surface area contributed by atoms with Gasteiger partial charge in [0, 0.05) is 18.2 Å². The Hall–Kier alpha value is -2.85. The van der Waals surface area contributed by atoms with E-state index in [4.69, 9.17) is 9.47 Å². The van der Waals surface area contributed by atoms with E-state index in [1.165, 1.54) is 17.7 Å². The molecule has 1 atom stereocenters. The van der Waals surface area contributed by atoms with E-state index in [1.807, 2.05) is 24.3 Å². The minimum absolute atomic E-state index is 0.201. The largest absolute Gasteiger partial charge is 0.497 e. The highest BCUT2D eigenvalue weighted by Gasteiger charge is 2.09. The Labute approximate surface area is 159 Å². The predicted molar refractivity (Wildman–Crippen MR) is 107 cm³/mol. The van der Waals surface area contributed by atoms with Gasteiger partial charge in [-0.05, 0) is 60.0 Å². The van der Waals surface area contributed by atoms with Crippen molar-refractivity contribution in [2.75, 3.05) is 14.2 Å². The summed E-state index contributed by atoms with van der Waals surface area (Å²) in [5.74, 6) is 1.38. The van der Waals surface area contributed by atoms with Crippen LogP contribution in [0.1, 0.15) is 24.1 Å². The van der Waals surface area contributed by atoms with E-state index in [0.717, 1.165) is 28.2 Å². The zero-order valence-corrected chi connectivity index (χ0v) is 15.8. The van der Waals surface area contributed by atoms with E-state index >= 15 is 0 Å². The fourth-order valence-electron chi connectivity index (χ4n) is 3.00. The second-order valence-corrected chi connectivity index (χ2v) is 6.42. The van der Waals surface area contributed by atoms with Crippen molar-refractivity contribution in [3.63, 3.8) is 0 Å². The molecule has 0 aliphatic heterocycles. The summed E-state index contributed by atoms with van der Waals surface area (Å²) in [7, 11) is 3.31. The molecule has 4 heteroatoms. The van der Waals surface area contributed by atoms with Crippen molar-refractivity contribution in [3.05, 3.63) is 83.7 Å². The highest BCUT2D eigenvalue weighted by atomic mass is 19.1. The molecule has 3 aromatic rings. The normalized spacial score (nSPS) is 11.9. The van der Waals surface area contributed by atoms with Crippen molar-refractivity contribution < 1.29 is 13.9 Å². The minimum atomic E-state index is -0.246. The van der Waals surface area contributed by atoms with Gasteiger partial charge in [-0.3, -0.25) is 0 Å². The maximum Gasteiger partial charge on any atom is 0.126 e. The summed E-state index contributed by atoms with van der Waals surface area (Å²) >= 11 is 0. The average molecular weight is 365 g/mol. The van der Waals surface area contributed by atoms with Crippen LogP contribution in [0.5, 0.6) is 11.5 Å². The topological polar surface area (TPSA) is 30.5 Å². The second kappa shape index (κ2) is 8.69. The van der Waals surface area contributed by atoms with E-state index in [9.17, 15) is 4.39 Å². The smallest absolute Gasteiger partial charge is 0.126 e. The fraction of sp³-hybridized carbons (Fsp3) is 0.217. The summed E-state index contributed by atoms with van der Waals surface area (Å²) in [6, 6.07) is 20.8. The van der Waals surface area contributed by atoms with E-state index < -0.39 is 0 Å². The molecule has 0 aliphatic carbocycles. The molecule has 3 rings (SSSR count). The standard InChI is InChI=1S/C23H24FNO2/c1-16(18-7-11-21(26-2)12-8-18)25-15-17-4-13-23(27-3)22(14-17)19-5-9-20(24)10-6-19/h4-14,16,25H,15H2,1-3H3/t16-/m1/s1. The molecule has 0 aliphatic rings. The quantitative estimate of drug-likeness (QED) is 0.611. The van der Waals surface area contributed by atoms with Crippen molar-refractivity contribution in [1.82, 2.24) is 5.32 Å². The molecule has 27 heavy (non-hydrogen) atoms. The molecule has 0 unspecified atom stereocenters. The second-order valence-electron chi connectivity index (χ2n) is 6.42. The molecular weight excluding hydrogens is 341 g/mol. The first kappa shape index (κ1) is 18.9. The summed E-state index contributed by atoms with van der Waals surface area (Å²) in [4.78, 5) is 0. The van der Waals surface area contributed by atoms with Crippen molar-refractivity contribution in [2.45, 2.75) is 19.5 Å². The Morgan fingerprint density at radius 1 is 0.889 bits per heavy atom. The number of benzene rings is 3. The molecule has 0 aromatic heterocycles. The molecule has 0 saturated heterocycles. The molecule has 0 bridgehead atoms. The lowest BCUT2D eigenvalue weighted by molar-refractivity contribution is 0.414. The molecule has 1 N–H and O–H groups in total. The lowest BCUT2D eigenvalue weighted by Gasteiger charge is -2.16. The first-order valence-corrected chi connectivity index (χ1v) is 8.91. The molecule has 3 nitrogen and oxygen atoms in total. The molecule has 0 fully saturated rings. The Morgan fingerprint density at radius 2 is 1.59 bits per heavy atom. The maximum atomic E-state index is 13.2. The molecule has 0 amide bonds. The third-order valence-corrected chi connectivity index (χ3v) is 4.65. The number of nitrogens with one attached hydrogen (secondary N) is 1. The van der Waals surface area contributed by atoms with Crippen molar-refractivity contribution in [2.24, 2.45) is 0 Å². The van der Waals surface area contributed by atoms with Gasteiger partial charge in [0.05, 0.1) is 14.2 Å². The van der Waals surface area contributed by atoms with Crippen LogP contribution < -0.4 is 14.8 Å². The number of hydrogen-bond donors (Lipinski definition) is 1. The van der Waals surface area contributed by atoms with Crippen LogP contribution in [0.3, 0.4) is 0 Å². The van der Waals surface area contributed by atoms with E-state index in [1.54, 1.807) is 26.4 Å². The Balaban J connectivity index is 1.74. The minimum Gasteiger partial charge on any atom is -0.497 e. The van der Waals surface area contributed by atoms with E-state index in [2.05, 4.69) is 30.4 Å². The molecule has 140 valence electrons. The van der Waals surface area contributed by atoms with Gasteiger partial charge in [-0.2, -0.15) is 0 Å². The predicted octanol–water partition coefficient (Wildman–Crippen LogP) is 5.36. The third kappa shape index (κ3) is 4.66. The van der Waals surface area contributed by atoms with Gasteiger partial charge in [-0.25, -0.2) is 4.39 Å². The Morgan fingerprint density at radius 3 is 2.22 bits per heavy atom. The van der Waals surface area contributed by atoms with Crippen LogP contribution in [0.2, 0.25) is 0 Å². The van der Waals surface area contributed by atoms with Gasteiger partial charge in [-0.15, -0.1) is 0 Å². The van der Waals surface area contributed by atoms with Crippen LogP contribution in [0.4, 0.5) is 4.39 Å². The van der Waals surface area contributed by atoms with E-state index in [0.29, 0.717) is 6.54 Å². The molecule has 3 aromatic carbocycles. The lowest BCUT2D eigenvalue weighted by Crippen LogP contribution is -2.18. The van der Waals surface area contributed by atoms with Crippen molar-refractivity contribution >= 4 is 0 Å². The number of methoxy groups -OCH3 is 2. The highest BCUT2D eigenvalue weighted by molar-refractivity contribution is 5.71. The highest BCUT2D eigenvalue weighted by Crippen LogP contribution is 2.31. The summed E-state index contributed by atoms with van der Waals surface area (Å²) in [6.45, 7) is 2.84. The first-order chi connectivity index (χ1) is 13.1. The zero-order valence-electron chi connectivity index (χ0n) is 15.8.